The molecule has 1 saturated heterocycles. The fourth-order valence-electron chi connectivity index (χ4n) is 2.76. The molecule has 0 aliphatic carbocycles. The van der Waals surface area contributed by atoms with Gasteiger partial charge in [-0.3, -0.25) is 9.69 Å². The molecule has 3 N–H and O–H groups in total. The van der Waals surface area contributed by atoms with Crippen LogP contribution in [-0.4, -0.2) is 55.7 Å². The molecule has 3 rings (SSSR count). The summed E-state index contributed by atoms with van der Waals surface area (Å²) in [5, 5.41) is 2.92. The second kappa shape index (κ2) is 6.98. The quantitative estimate of drug-likeness (QED) is 0.840. The monoisotopic (exact) mass is 305 g/mol. The summed E-state index contributed by atoms with van der Waals surface area (Å²) in [5.74, 6) is 1.52. The topological polar surface area (TPSA) is 76.8 Å². The van der Waals surface area contributed by atoms with E-state index in [1.54, 1.807) is 0 Å². The van der Waals surface area contributed by atoms with Crippen LogP contribution in [0.15, 0.2) is 24.3 Å². The minimum atomic E-state index is -0.145. The van der Waals surface area contributed by atoms with E-state index in [4.69, 9.17) is 15.2 Å². The van der Waals surface area contributed by atoms with Crippen molar-refractivity contribution >= 4 is 5.91 Å². The summed E-state index contributed by atoms with van der Waals surface area (Å²) in [6, 6.07) is 7.86. The molecule has 120 valence electrons. The molecule has 0 bridgehead atoms. The van der Waals surface area contributed by atoms with Gasteiger partial charge < -0.3 is 20.5 Å². The van der Waals surface area contributed by atoms with E-state index in [-0.39, 0.29) is 18.1 Å². The van der Waals surface area contributed by atoms with Gasteiger partial charge in [-0.1, -0.05) is 12.1 Å². The summed E-state index contributed by atoms with van der Waals surface area (Å²) in [4.78, 5) is 14.1. The fraction of sp³-hybridized carbons (Fsp3) is 0.562. The number of ether oxygens (including phenoxy) is 2. The number of fused-ring (bicyclic) bond motifs is 1. The second-order valence-corrected chi connectivity index (χ2v) is 5.92. The lowest BCUT2D eigenvalue weighted by atomic mass is 10.1. The van der Waals surface area contributed by atoms with E-state index in [0.717, 1.165) is 37.4 Å². The van der Waals surface area contributed by atoms with Gasteiger partial charge in [0.05, 0.1) is 13.1 Å². The Bertz CT molecular complexity index is 515. The lowest BCUT2D eigenvalue weighted by Gasteiger charge is -2.30. The van der Waals surface area contributed by atoms with Gasteiger partial charge in [-0.25, -0.2) is 0 Å². The van der Waals surface area contributed by atoms with Crippen molar-refractivity contribution in [2.45, 2.75) is 25.0 Å². The molecule has 2 heterocycles. The Hall–Kier alpha value is -1.79. The van der Waals surface area contributed by atoms with Crippen molar-refractivity contribution < 1.29 is 14.3 Å². The highest BCUT2D eigenvalue weighted by Gasteiger charge is 2.22. The molecule has 2 aliphatic rings. The average Bonchev–Trinajstić information content (AvgIpc) is 2.55. The highest BCUT2D eigenvalue weighted by molar-refractivity contribution is 5.78. The van der Waals surface area contributed by atoms with E-state index in [9.17, 15) is 4.79 Å². The molecular formula is C16H23N3O3. The molecule has 1 amide bonds. The first-order chi connectivity index (χ1) is 10.7. The number of hydrogen-bond acceptors (Lipinski definition) is 5. The number of likely N-dealkylation sites (tertiary alicyclic amines) is 1. The van der Waals surface area contributed by atoms with E-state index < -0.39 is 0 Å². The van der Waals surface area contributed by atoms with Crippen LogP contribution in [0.4, 0.5) is 0 Å². The minimum Gasteiger partial charge on any atom is -0.486 e. The van der Waals surface area contributed by atoms with E-state index in [1.165, 1.54) is 0 Å². The molecular weight excluding hydrogens is 282 g/mol. The Morgan fingerprint density at radius 1 is 1.27 bits per heavy atom. The fourth-order valence-corrected chi connectivity index (χ4v) is 2.76. The van der Waals surface area contributed by atoms with Crippen molar-refractivity contribution in [2.75, 3.05) is 32.8 Å². The standard InChI is InChI=1S/C16H23N3O3/c17-12-5-7-19(8-6-12)10-16(20)18-9-13-11-21-14-3-1-2-4-15(14)22-13/h1-4,12-13H,5-11,17H2,(H,18,20). The molecule has 1 fully saturated rings. The smallest absolute Gasteiger partial charge is 0.234 e. The van der Waals surface area contributed by atoms with Gasteiger partial charge in [0.2, 0.25) is 5.91 Å². The third kappa shape index (κ3) is 3.90. The molecule has 0 spiro atoms. The number of carbonyl (C=O) groups is 1. The van der Waals surface area contributed by atoms with Crippen molar-refractivity contribution in [3.8, 4) is 11.5 Å². The van der Waals surface area contributed by atoms with Crippen molar-refractivity contribution in [3.63, 3.8) is 0 Å². The van der Waals surface area contributed by atoms with Gasteiger partial charge in [-0.2, -0.15) is 0 Å². The molecule has 0 radical (unpaired) electrons. The number of piperidine rings is 1. The Morgan fingerprint density at radius 2 is 2.00 bits per heavy atom. The molecule has 1 unspecified atom stereocenters. The summed E-state index contributed by atoms with van der Waals surface area (Å²) < 4.78 is 11.4. The summed E-state index contributed by atoms with van der Waals surface area (Å²) >= 11 is 0. The maximum absolute atomic E-state index is 12.0. The Balaban J connectivity index is 1.40. The first kappa shape index (κ1) is 15.1. The van der Waals surface area contributed by atoms with Crippen LogP contribution in [0.25, 0.3) is 0 Å². The van der Waals surface area contributed by atoms with E-state index in [2.05, 4.69) is 10.2 Å². The number of nitrogens with two attached hydrogens (primary N) is 1. The maximum Gasteiger partial charge on any atom is 0.234 e. The number of rotatable bonds is 4. The van der Waals surface area contributed by atoms with Gasteiger partial charge in [-0.15, -0.1) is 0 Å². The molecule has 1 atom stereocenters. The number of benzene rings is 1. The molecule has 2 aliphatic heterocycles. The third-order valence-electron chi connectivity index (χ3n) is 4.09. The number of nitrogens with zero attached hydrogens (tertiary/aromatic N) is 1. The van der Waals surface area contributed by atoms with E-state index >= 15 is 0 Å². The summed E-state index contributed by atoms with van der Waals surface area (Å²) in [6.07, 6.45) is 1.78. The largest absolute Gasteiger partial charge is 0.486 e. The zero-order valence-corrected chi connectivity index (χ0v) is 12.7. The van der Waals surface area contributed by atoms with Crippen molar-refractivity contribution in [1.29, 1.82) is 0 Å². The molecule has 1 aromatic rings. The van der Waals surface area contributed by atoms with Crippen molar-refractivity contribution in [3.05, 3.63) is 24.3 Å². The highest BCUT2D eigenvalue weighted by Crippen LogP contribution is 2.30. The first-order valence-electron chi connectivity index (χ1n) is 7.84. The van der Waals surface area contributed by atoms with Crippen molar-refractivity contribution in [1.82, 2.24) is 10.2 Å². The van der Waals surface area contributed by atoms with Crippen molar-refractivity contribution in [2.24, 2.45) is 5.73 Å². The number of para-hydroxylation sites is 2. The minimum absolute atomic E-state index is 0.0259. The predicted molar refractivity (Wildman–Crippen MR) is 83.0 cm³/mol. The van der Waals surface area contributed by atoms with E-state index in [1.807, 2.05) is 24.3 Å². The summed E-state index contributed by atoms with van der Waals surface area (Å²) in [5.41, 5.74) is 5.87. The third-order valence-corrected chi connectivity index (χ3v) is 4.09. The normalized spacial score (nSPS) is 22.3. The number of nitrogens with one attached hydrogen (secondary N) is 1. The lowest BCUT2D eigenvalue weighted by Crippen LogP contribution is -2.47. The molecule has 22 heavy (non-hydrogen) atoms. The van der Waals surface area contributed by atoms with Crippen LogP contribution in [-0.2, 0) is 4.79 Å². The van der Waals surface area contributed by atoms with Gasteiger partial charge in [0.15, 0.2) is 11.5 Å². The van der Waals surface area contributed by atoms with Crippen LogP contribution in [0.5, 0.6) is 11.5 Å². The number of hydrogen-bond donors (Lipinski definition) is 2. The predicted octanol–water partition coefficient (Wildman–Crippen LogP) is 0.366. The molecule has 0 saturated carbocycles. The Labute approximate surface area is 130 Å². The molecule has 6 heteroatoms. The van der Waals surface area contributed by atoms with Crippen LogP contribution in [0, 0.1) is 0 Å². The van der Waals surface area contributed by atoms with Gasteiger partial charge in [0.1, 0.15) is 12.7 Å². The SMILES string of the molecule is NC1CCN(CC(=O)NCC2COc3ccccc3O2)CC1. The number of amides is 1. The van der Waals surface area contributed by atoms with Crippen LogP contribution in [0.1, 0.15) is 12.8 Å². The van der Waals surface area contributed by atoms with E-state index in [0.29, 0.717) is 19.7 Å². The van der Waals surface area contributed by atoms with Crippen LogP contribution in [0.2, 0.25) is 0 Å². The Kier molecular flexibility index (Phi) is 4.80. The summed E-state index contributed by atoms with van der Waals surface area (Å²) in [6.45, 7) is 3.13. The molecule has 6 nitrogen and oxygen atoms in total. The van der Waals surface area contributed by atoms with Gasteiger partial charge >= 0.3 is 0 Å². The number of carbonyl (C=O) groups excluding carboxylic acids is 1. The average molecular weight is 305 g/mol. The van der Waals surface area contributed by atoms with Gasteiger partial charge in [0, 0.05) is 19.1 Å². The van der Waals surface area contributed by atoms with Crippen LogP contribution >= 0.6 is 0 Å². The Morgan fingerprint density at radius 3 is 2.77 bits per heavy atom. The van der Waals surface area contributed by atoms with Crippen LogP contribution < -0.4 is 20.5 Å². The summed E-state index contributed by atoms with van der Waals surface area (Å²) in [7, 11) is 0. The zero-order chi connectivity index (χ0) is 15.4. The zero-order valence-electron chi connectivity index (χ0n) is 12.7. The van der Waals surface area contributed by atoms with Crippen LogP contribution in [0.3, 0.4) is 0 Å². The molecule has 0 aromatic heterocycles. The molecule has 1 aromatic carbocycles. The second-order valence-electron chi connectivity index (χ2n) is 5.92. The van der Waals surface area contributed by atoms with Gasteiger partial charge in [0.25, 0.3) is 0 Å². The van der Waals surface area contributed by atoms with Gasteiger partial charge in [-0.05, 0) is 25.0 Å². The lowest BCUT2D eigenvalue weighted by molar-refractivity contribution is -0.123. The first-order valence-corrected chi connectivity index (χ1v) is 7.84. The highest BCUT2D eigenvalue weighted by atomic mass is 16.6. The maximum atomic E-state index is 12.0.